The van der Waals surface area contributed by atoms with Crippen LogP contribution < -0.4 is 5.32 Å². The second kappa shape index (κ2) is 5.97. The van der Waals surface area contributed by atoms with Crippen LogP contribution in [-0.2, 0) is 0 Å². The molecule has 3 atom stereocenters. The Morgan fingerprint density at radius 1 is 1.26 bits per heavy atom. The summed E-state index contributed by atoms with van der Waals surface area (Å²) in [4.78, 5) is 1.84. The number of nitrogens with zero attached hydrogens (tertiary/aromatic N) is 1. The summed E-state index contributed by atoms with van der Waals surface area (Å²) in [6.45, 7) is 2.29. The third-order valence-corrected chi connectivity index (χ3v) is 4.26. The van der Waals surface area contributed by atoms with E-state index in [4.69, 9.17) is 0 Å². The van der Waals surface area contributed by atoms with E-state index >= 15 is 0 Å². The summed E-state index contributed by atoms with van der Waals surface area (Å²) in [7, 11) is 0. The Morgan fingerprint density at radius 2 is 1.84 bits per heavy atom. The molecule has 112 valence electrons. The Hall–Kier alpha value is -0.330. The SMILES string of the molecule is CCCN(CC(O)C(F)(F)F)C1CC2CCC(C1)N2. The van der Waals surface area contributed by atoms with Gasteiger partial charge in [0.25, 0.3) is 0 Å². The van der Waals surface area contributed by atoms with Crippen molar-refractivity contribution in [2.45, 2.75) is 69.4 Å². The summed E-state index contributed by atoms with van der Waals surface area (Å²) in [5.74, 6) is 0. The molecule has 0 spiro atoms. The highest BCUT2D eigenvalue weighted by Crippen LogP contribution is 2.31. The Kier molecular flexibility index (Phi) is 4.74. The number of hydrogen-bond acceptors (Lipinski definition) is 3. The van der Waals surface area contributed by atoms with Crippen LogP contribution >= 0.6 is 0 Å². The molecule has 2 aliphatic rings. The van der Waals surface area contributed by atoms with Crippen molar-refractivity contribution < 1.29 is 18.3 Å². The van der Waals surface area contributed by atoms with Crippen molar-refractivity contribution in [3.05, 3.63) is 0 Å². The molecular formula is C13H23F3N2O. The van der Waals surface area contributed by atoms with Crippen molar-refractivity contribution >= 4 is 0 Å². The Balaban J connectivity index is 1.95. The van der Waals surface area contributed by atoms with Crippen molar-refractivity contribution in [2.24, 2.45) is 0 Å². The number of hydrogen-bond donors (Lipinski definition) is 2. The standard InChI is InChI=1S/C13H23F3N2O/c1-2-5-18(8-12(19)13(14,15)16)11-6-9-3-4-10(7-11)17-9/h9-12,17,19H,2-8H2,1H3. The molecule has 0 aliphatic carbocycles. The van der Waals surface area contributed by atoms with Crippen LogP contribution in [0.1, 0.15) is 39.0 Å². The van der Waals surface area contributed by atoms with E-state index in [1.165, 1.54) is 0 Å². The number of aliphatic hydroxyl groups is 1. The fraction of sp³-hybridized carbons (Fsp3) is 1.00. The lowest BCUT2D eigenvalue weighted by atomic mass is 9.97. The Labute approximate surface area is 112 Å². The van der Waals surface area contributed by atoms with E-state index in [2.05, 4.69) is 5.32 Å². The maximum Gasteiger partial charge on any atom is 0.415 e. The summed E-state index contributed by atoms with van der Waals surface area (Å²) in [5.41, 5.74) is 0. The number of fused-ring (bicyclic) bond motifs is 2. The van der Waals surface area contributed by atoms with Crippen molar-refractivity contribution in [1.29, 1.82) is 0 Å². The van der Waals surface area contributed by atoms with E-state index < -0.39 is 12.3 Å². The molecule has 0 radical (unpaired) electrons. The predicted octanol–water partition coefficient (Wildman–Crippen LogP) is 1.90. The summed E-state index contributed by atoms with van der Waals surface area (Å²) in [5, 5.41) is 12.8. The molecule has 2 saturated heterocycles. The van der Waals surface area contributed by atoms with Gasteiger partial charge in [-0.25, -0.2) is 0 Å². The van der Waals surface area contributed by atoms with Gasteiger partial charge in [-0.2, -0.15) is 13.2 Å². The van der Waals surface area contributed by atoms with Gasteiger partial charge in [-0.1, -0.05) is 6.92 Å². The van der Waals surface area contributed by atoms with E-state index in [1.807, 2.05) is 11.8 Å². The third-order valence-electron chi connectivity index (χ3n) is 4.26. The molecule has 0 aromatic heterocycles. The molecule has 2 bridgehead atoms. The van der Waals surface area contributed by atoms with Gasteiger partial charge in [-0.15, -0.1) is 0 Å². The lowest BCUT2D eigenvalue weighted by Crippen LogP contribution is -2.52. The summed E-state index contributed by atoms with van der Waals surface area (Å²) in [6, 6.07) is 1.08. The monoisotopic (exact) mass is 280 g/mol. The van der Waals surface area contributed by atoms with Crippen LogP contribution in [0.5, 0.6) is 0 Å². The smallest absolute Gasteiger partial charge is 0.382 e. The van der Waals surface area contributed by atoms with Crippen molar-refractivity contribution in [3.8, 4) is 0 Å². The molecule has 0 amide bonds. The zero-order chi connectivity index (χ0) is 14.0. The van der Waals surface area contributed by atoms with E-state index in [1.54, 1.807) is 0 Å². The minimum atomic E-state index is -4.52. The van der Waals surface area contributed by atoms with Gasteiger partial charge in [0.15, 0.2) is 6.10 Å². The molecule has 0 aromatic carbocycles. The molecule has 3 nitrogen and oxygen atoms in total. The average molecular weight is 280 g/mol. The third kappa shape index (κ3) is 3.83. The fourth-order valence-electron chi connectivity index (χ4n) is 3.36. The zero-order valence-corrected chi connectivity index (χ0v) is 11.3. The normalized spacial score (nSPS) is 32.8. The van der Waals surface area contributed by atoms with Gasteiger partial charge in [0.2, 0.25) is 0 Å². The van der Waals surface area contributed by atoms with Crippen LogP contribution in [0.25, 0.3) is 0 Å². The van der Waals surface area contributed by atoms with Crippen molar-refractivity contribution in [1.82, 2.24) is 10.2 Å². The van der Waals surface area contributed by atoms with Gasteiger partial charge in [-0.05, 0) is 38.6 Å². The predicted molar refractivity (Wildman–Crippen MR) is 66.9 cm³/mol. The molecule has 3 unspecified atom stereocenters. The van der Waals surface area contributed by atoms with Crippen LogP contribution in [0.4, 0.5) is 13.2 Å². The minimum Gasteiger partial charge on any atom is -0.382 e. The average Bonchev–Trinajstić information content (AvgIpc) is 2.66. The molecule has 2 aliphatic heterocycles. The Bertz CT molecular complexity index is 286. The molecule has 6 heteroatoms. The van der Waals surface area contributed by atoms with Gasteiger partial charge in [0.1, 0.15) is 0 Å². The molecule has 2 rings (SSSR count). The second-order valence-corrected chi connectivity index (χ2v) is 5.82. The van der Waals surface area contributed by atoms with Crippen LogP contribution in [0.15, 0.2) is 0 Å². The molecule has 0 aromatic rings. The minimum absolute atomic E-state index is 0.177. The summed E-state index contributed by atoms with van der Waals surface area (Å²) < 4.78 is 37.5. The fourth-order valence-corrected chi connectivity index (χ4v) is 3.36. The van der Waals surface area contributed by atoms with Gasteiger partial charge in [0, 0.05) is 24.7 Å². The zero-order valence-electron chi connectivity index (χ0n) is 11.3. The topological polar surface area (TPSA) is 35.5 Å². The van der Waals surface area contributed by atoms with Crippen molar-refractivity contribution in [3.63, 3.8) is 0 Å². The molecule has 2 heterocycles. The lowest BCUT2D eigenvalue weighted by molar-refractivity contribution is -0.209. The van der Waals surface area contributed by atoms with Gasteiger partial charge < -0.3 is 10.4 Å². The summed E-state index contributed by atoms with van der Waals surface area (Å²) in [6.07, 6.45) is -1.87. The molecule has 2 fully saturated rings. The lowest BCUT2D eigenvalue weighted by Gasteiger charge is -2.38. The van der Waals surface area contributed by atoms with Crippen LogP contribution in [-0.4, -0.2) is 53.5 Å². The van der Waals surface area contributed by atoms with Crippen LogP contribution in [0, 0.1) is 0 Å². The number of aliphatic hydroxyl groups excluding tert-OH is 1. The number of rotatable bonds is 5. The quantitative estimate of drug-likeness (QED) is 0.807. The molecule has 2 N–H and O–H groups in total. The van der Waals surface area contributed by atoms with Gasteiger partial charge >= 0.3 is 6.18 Å². The highest BCUT2D eigenvalue weighted by molar-refractivity contribution is 4.96. The van der Waals surface area contributed by atoms with Gasteiger partial charge in [0.05, 0.1) is 0 Å². The van der Waals surface area contributed by atoms with E-state index in [0.717, 1.165) is 32.1 Å². The largest absolute Gasteiger partial charge is 0.415 e. The molecule has 0 saturated carbocycles. The number of alkyl halides is 3. The first-order valence-electron chi connectivity index (χ1n) is 7.15. The van der Waals surface area contributed by atoms with Gasteiger partial charge in [-0.3, -0.25) is 4.90 Å². The van der Waals surface area contributed by atoms with Crippen LogP contribution in [0.2, 0.25) is 0 Å². The number of halogens is 3. The highest BCUT2D eigenvalue weighted by atomic mass is 19.4. The van der Waals surface area contributed by atoms with Crippen molar-refractivity contribution in [2.75, 3.05) is 13.1 Å². The molecular weight excluding hydrogens is 257 g/mol. The first-order valence-corrected chi connectivity index (χ1v) is 7.15. The second-order valence-electron chi connectivity index (χ2n) is 5.82. The highest BCUT2D eigenvalue weighted by Gasteiger charge is 2.42. The maximum atomic E-state index is 12.5. The first-order chi connectivity index (χ1) is 8.90. The van der Waals surface area contributed by atoms with E-state index in [0.29, 0.717) is 18.6 Å². The molecule has 19 heavy (non-hydrogen) atoms. The summed E-state index contributed by atoms with van der Waals surface area (Å²) >= 11 is 0. The van der Waals surface area contributed by atoms with E-state index in [-0.39, 0.29) is 12.6 Å². The maximum absolute atomic E-state index is 12.5. The number of nitrogens with one attached hydrogen (secondary N) is 1. The first kappa shape index (κ1) is 15.1. The number of piperidine rings is 1. The van der Waals surface area contributed by atoms with Crippen LogP contribution in [0.3, 0.4) is 0 Å². The Morgan fingerprint density at radius 3 is 2.32 bits per heavy atom. The van der Waals surface area contributed by atoms with E-state index in [9.17, 15) is 18.3 Å².